The van der Waals surface area contributed by atoms with Crippen LogP contribution in [0.15, 0.2) is 48.5 Å². The highest BCUT2D eigenvalue weighted by atomic mass is 35.5. The quantitative estimate of drug-likeness (QED) is 0.876. The van der Waals surface area contributed by atoms with Crippen LogP contribution in [0, 0.1) is 0 Å². The molecule has 0 radical (unpaired) electrons. The van der Waals surface area contributed by atoms with Crippen LogP contribution < -0.4 is 10.1 Å². The third kappa shape index (κ3) is 4.65. The highest BCUT2D eigenvalue weighted by Crippen LogP contribution is 2.23. The van der Waals surface area contributed by atoms with E-state index in [-0.39, 0.29) is 12.5 Å². The summed E-state index contributed by atoms with van der Waals surface area (Å²) in [5, 5.41) is 4.19. The minimum atomic E-state index is -0.536. The van der Waals surface area contributed by atoms with Gasteiger partial charge in [-0.15, -0.1) is 0 Å². The largest absolute Gasteiger partial charge is 0.484 e. The summed E-state index contributed by atoms with van der Waals surface area (Å²) in [5.41, 5.74) is 0.394. The molecule has 0 saturated heterocycles. The predicted octanol–water partition coefficient (Wildman–Crippen LogP) is 4.42. The standard InChI is InChI=1S/C17H17Cl2NO2/c1-17(2,12-4-3-5-14(19)10-12)20-16(21)11-22-15-8-6-13(18)7-9-15/h3-10H,11H2,1-2H3,(H,20,21). The first kappa shape index (κ1) is 16.7. The Labute approximate surface area is 140 Å². The van der Waals surface area contributed by atoms with Crippen LogP contribution in [0.1, 0.15) is 19.4 Å². The molecule has 3 nitrogen and oxygen atoms in total. The van der Waals surface area contributed by atoms with Gasteiger partial charge >= 0.3 is 0 Å². The lowest BCUT2D eigenvalue weighted by molar-refractivity contribution is -0.124. The van der Waals surface area contributed by atoms with Crippen molar-refractivity contribution in [1.82, 2.24) is 5.32 Å². The number of hydrogen-bond acceptors (Lipinski definition) is 2. The molecule has 0 spiro atoms. The number of amides is 1. The number of ether oxygens (including phenoxy) is 1. The fraction of sp³-hybridized carbons (Fsp3) is 0.235. The molecule has 0 aliphatic rings. The number of hydrogen-bond donors (Lipinski definition) is 1. The average Bonchev–Trinajstić information content (AvgIpc) is 2.46. The van der Waals surface area contributed by atoms with Crippen LogP contribution in [0.2, 0.25) is 10.0 Å². The molecule has 0 saturated carbocycles. The summed E-state index contributed by atoms with van der Waals surface area (Å²) in [4.78, 5) is 12.1. The van der Waals surface area contributed by atoms with Gasteiger partial charge in [0.2, 0.25) is 0 Å². The molecule has 0 bridgehead atoms. The zero-order valence-corrected chi connectivity index (χ0v) is 13.9. The summed E-state index contributed by atoms with van der Waals surface area (Å²) in [6.45, 7) is 3.77. The van der Waals surface area contributed by atoms with Gasteiger partial charge in [0.25, 0.3) is 5.91 Å². The lowest BCUT2D eigenvalue weighted by atomic mass is 9.94. The molecule has 0 heterocycles. The Morgan fingerprint density at radius 1 is 1.09 bits per heavy atom. The van der Waals surface area contributed by atoms with Crippen molar-refractivity contribution in [3.05, 3.63) is 64.1 Å². The van der Waals surface area contributed by atoms with Crippen LogP contribution >= 0.6 is 23.2 Å². The first-order valence-corrected chi connectivity index (χ1v) is 7.58. The summed E-state index contributed by atoms with van der Waals surface area (Å²) in [5.74, 6) is 0.389. The number of halogens is 2. The second-order valence-electron chi connectivity index (χ2n) is 5.43. The van der Waals surface area contributed by atoms with Crippen molar-refractivity contribution in [2.75, 3.05) is 6.61 Å². The molecule has 0 aromatic heterocycles. The van der Waals surface area contributed by atoms with E-state index in [1.165, 1.54) is 0 Å². The number of nitrogens with one attached hydrogen (secondary N) is 1. The van der Waals surface area contributed by atoms with Crippen molar-refractivity contribution in [2.24, 2.45) is 0 Å². The lowest BCUT2D eigenvalue weighted by Crippen LogP contribution is -2.43. The maximum absolute atomic E-state index is 12.1. The molecule has 0 aliphatic heterocycles. The van der Waals surface area contributed by atoms with Gasteiger partial charge in [0.05, 0.1) is 5.54 Å². The molecule has 2 aromatic carbocycles. The molecule has 5 heteroatoms. The molecule has 22 heavy (non-hydrogen) atoms. The van der Waals surface area contributed by atoms with Gasteiger partial charge in [-0.25, -0.2) is 0 Å². The minimum absolute atomic E-state index is 0.0639. The summed E-state index contributed by atoms with van der Waals surface area (Å²) in [7, 11) is 0. The molecule has 2 aromatic rings. The summed E-state index contributed by atoms with van der Waals surface area (Å²) < 4.78 is 5.43. The van der Waals surface area contributed by atoms with Gasteiger partial charge < -0.3 is 10.1 Å². The molecule has 0 aliphatic carbocycles. The number of carbonyl (C=O) groups is 1. The van der Waals surface area contributed by atoms with E-state index in [2.05, 4.69) is 5.32 Å². The summed E-state index contributed by atoms with van der Waals surface area (Å²) in [6.07, 6.45) is 0. The van der Waals surface area contributed by atoms with Crippen LogP contribution in [0.25, 0.3) is 0 Å². The van der Waals surface area contributed by atoms with E-state index in [1.54, 1.807) is 30.3 Å². The number of rotatable bonds is 5. The third-order valence-corrected chi connectivity index (χ3v) is 3.67. The second-order valence-corrected chi connectivity index (χ2v) is 6.30. The monoisotopic (exact) mass is 337 g/mol. The number of benzene rings is 2. The fourth-order valence-electron chi connectivity index (χ4n) is 2.01. The molecule has 2 rings (SSSR count). The third-order valence-electron chi connectivity index (χ3n) is 3.18. The topological polar surface area (TPSA) is 38.3 Å². The molecular weight excluding hydrogens is 321 g/mol. The highest BCUT2D eigenvalue weighted by Gasteiger charge is 2.23. The van der Waals surface area contributed by atoms with Gasteiger partial charge in [-0.05, 0) is 55.8 Å². The van der Waals surface area contributed by atoms with Gasteiger partial charge in [0, 0.05) is 10.0 Å². The van der Waals surface area contributed by atoms with E-state index in [9.17, 15) is 4.79 Å². The van der Waals surface area contributed by atoms with Crippen molar-refractivity contribution >= 4 is 29.1 Å². The lowest BCUT2D eigenvalue weighted by Gasteiger charge is -2.27. The van der Waals surface area contributed by atoms with Crippen molar-refractivity contribution in [3.8, 4) is 5.75 Å². The van der Waals surface area contributed by atoms with Gasteiger partial charge in [0.15, 0.2) is 6.61 Å². The average molecular weight is 338 g/mol. The molecular formula is C17H17Cl2NO2. The summed E-state index contributed by atoms with van der Waals surface area (Å²) in [6, 6.07) is 14.3. The van der Waals surface area contributed by atoms with Crippen LogP contribution in [0.5, 0.6) is 5.75 Å². The fourth-order valence-corrected chi connectivity index (χ4v) is 2.33. The molecule has 116 valence electrons. The normalized spacial score (nSPS) is 11.1. The van der Waals surface area contributed by atoms with Gasteiger partial charge in [-0.2, -0.15) is 0 Å². The second kappa shape index (κ2) is 7.03. The summed E-state index contributed by atoms with van der Waals surface area (Å²) >= 11 is 11.8. The SMILES string of the molecule is CC(C)(NC(=O)COc1ccc(Cl)cc1)c1cccc(Cl)c1. The molecule has 1 amide bonds. The first-order valence-electron chi connectivity index (χ1n) is 6.82. The molecule has 0 atom stereocenters. The minimum Gasteiger partial charge on any atom is -0.484 e. The van der Waals surface area contributed by atoms with Crippen LogP contribution in [0.4, 0.5) is 0 Å². The number of carbonyl (C=O) groups excluding carboxylic acids is 1. The maximum atomic E-state index is 12.1. The highest BCUT2D eigenvalue weighted by molar-refractivity contribution is 6.30. The van der Waals surface area contributed by atoms with Gasteiger partial charge in [0.1, 0.15) is 5.75 Å². The Bertz CT molecular complexity index is 654. The van der Waals surface area contributed by atoms with Crippen LogP contribution in [-0.2, 0) is 10.3 Å². The van der Waals surface area contributed by atoms with E-state index in [0.29, 0.717) is 15.8 Å². The van der Waals surface area contributed by atoms with Crippen LogP contribution in [-0.4, -0.2) is 12.5 Å². The molecule has 1 N–H and O–H groups in total. The van der Waals surface area contributed by atoms with E-state index >= 15 is 0 Å². The molecule has 0 fully saturated rings. The first-order chi connectivity index (χ1) is 10.4. The van der Waals surface area contributed by atoms with E-state index < -0.39 is 5.54 Å². The van der Waals surface area contributed by atoms with E-state index in [1.807, 2.05) is 32.0 Å². The van der Waals surface area contributed by atoms with E-state index in [0.717, 1.165) is 5.56 Å². The predicted molar refractivity (Wildman–Crippen MR) is 89.6 cm³/mol. The van der Waals surface area contributed by atoms with Gasteiger partial charge in [-0.3, -0.25) is 4.79 Å². The van der Waals surface area contributed by atoms with Crippen molar-refractivity contribution in [3.63, 3.8) is 0 Å². The van der Waals surface area contributed by atoms with Gasteiger partial charge in [-0.1, -0.05) is 35.3 Å². The maximum Gasteiger partial charge on any atom is 0.258 e. The Hall–Kier alpha value is -1.71. The smallest absolute Gasteiger partial charge is 0.258 e. The van der Waals surface area contributed by atoms with Crippen molar-refractivity contribution < 1.29 is 9.53 Å². The Morgan fingerprint density at radius 2 is 1.77 bits per heavy atom. The van der Waals surface area contributed by atoms with Crippen molar-refractivity contribution in [2.45, 2.75) is 19.4 Å². The Kier molecular flexibility index (Phi) is 5.33. The van der Waals surface area contributed by atoms with Crippen LogP contribution in [0.3, 0.4) is 0 Å². The van der Waals surface area contributed by atoms with E-state index in [4.69, 9.17) is 27.9 Å². The Morgan fingerprint density at radius 3 is 2.41 bits per heavy atom. The Balaban J connectivity index is 1.94. The molecule has 0 unspecified atom stereocenters. The zero-order valence-electron chi connectivity index (χ0n) is 12.4. The zero-order chi connectivity index (χ0) is 16.2. The van der Waals surface area contributed by atoms with Crippen molar-refractivity contribution in [1.29, 1.82) is 0 Å².